The summed E-state index contributed by atoms with van der Waals surface area (Å²) < 4.78 is 0. The Labute approximate surface area is 176 Å². The maximum absolute atomic E-state index is 13.3. The molecular formula is C22H28N4O4. The lowest BCUT2D eigenvalue weighted by molar-refractivity contribution is -0.136. The van der Waals surface area contributed by atoms with E-state index >= 15 is 0 Å². The summed E-state index contributed by atoms with van der Waals surface area (Å²) in [5.74, 6) is -1.83. The van der Waals surface area contributed by atoms with Gasteiger partial charge in [0.15, 0.2) is 0 Å². The van der Waals surface area contributed by atoms with Crippen molar-refractivity contribution in [3.63, 3.8) is 0 Å². The molecule has 0 saturated carbocycles. The number of nitrogens with zero attached hydrogens (tertiary/aromatic N) is 2. The van der Waals surface area contributed by atoms with Gasteiger partial charge in [-0.25, -0.2) is 0 Å². The molecule has 1 aromatic rings. The van der Waals surface area contributed by atoms with Crippen LogP contribution in [0.15, 0.2) is 18.2 Å². The average Bonchev–Trinajstić information content (AvgIpc) is 2.91. The zero-order chi connectivity index (χ0) is 21.3. The highest BCUT2D eigenvalue weighted by Gasteiger charge is 2.45. The molecule has 0 aliphatic carbocycles. The Morgan fingerprint density at radius 2 is 1.90 bits per heavy atom. The minimum absolute atomic E-state index is 0.121. The second-order valence-electron chi connectivity index (χ2n) is 8.18. The first-order valence-corrected chi connectivity index (χ1v) is 10.8. The highest BCUT2D eigenvalue weighted by atomic mass is 16.2. The smallest absolute Gasteiger partial charge is 0.262 e. The molecule has 2 N–H and O–H groups in total. The minimum atomic E-state index is -0.932. The van der Waals surface area contributed by atoms with Gasteiger partial charge in [-0.15, -0.1) is 0 Å². The van der Waals surface area contributed by atoms with Crippen molar-refractivity contribution in [1.29, 1.82) is 0 Å². The van der Waals surface area contributed by atoms with Crippen molar-refractivity contribution in [3.05, 3.63) is 34.9 Å². The number of benzene rings is 1. The molecular weight excluding hydrogens is 384 g/mol. The fraction of sp³-hybridized carbons (Fsp3) is 0.545. The van der Waals surface area contributed by atoms with Gasteiger partial charge in [0.25, 0.3) is 11.8 Å². The minimum Gasteiger partial charge on any atom is -0.317 e. The van der Waals surface area contributed by atoms with Gasteiger partial charge in [-0.2, -0.15) is 0 Å². The number of amides is 4. The van der Waals surface area contributed by atoms with Crippen LogP contribution in [0.4, 0.5) is 0 Å². The molecule has 3 aliphatic heterocycles. The maximum atomic E-state index is 13.3. The van der Waals surface area contributed by atoms with Crippen LogP contribution >= 0.6 is 0 Å². The number of imide groups is 2. The van der Waals surface area contributed by atoms with E-state index in [9.17, 15) is 19.2 Å². The van der Waals surface area contributed by atoms with Crippen molar-refractivity contribution < 1.29 is 19.2 Å². The first kappa shape index (κ1) is 20.7. The van der Waals surface area contributed by atoms with E-state index in [0.29, 0.717) is 23.7 Å². The Hall–Kier alpha value is -2.58. The number of piperidine rings is 1. The van der Waals surface area contributed by atoms with Crippen LogP contribution in [0.3, 0.4) is 0 Å². The molecule has 0 bridgehead atoms. The van der Waals surface area contributed by atoms with E-state index in [1.807, 2.05) is 6.07 Å². The summed E-state index contributed by atoms with van der Waals surface area (Å²) >= 11 is 0. The molecule has 30 heavy (non-hydrogen) atoms. The van der Waals surface area contributed by atoms with E-state index in [-0.39, 0.29) is 18.7 Å². The van der Waals surface area contributed by atoms with Crippen LogP contribution in [0.2, 0.25) is 0 Å². The zero-order valence-electron chi connectivity index (χ0n) is 17.3. The molecule has 8 nitrogen and oxygen atoms in total. The van der Waals surface area contributed by atoms with Crippen molar-refractivity contribution in [2.75, 3.05) is 19.6 Å². The lowest BCUT2D eigenvalue weighted by Gasteiger charge is -2.30. The summed E-state index contributed by atoms with van der Waals surface area (Å²) in [7, 11) is 0. The third-order valence-electron chi connectivity index (χ3n) is 6.40. The van der Waals surface area contributed by atoms with E-state index < -0.39 is 23.8 Å². The number of fused-ring (bicyclic) bond motifs is 1. The fourth-order valence-electron chi connectivity index (χ4n) is 4.80. The molecule has 160 valence electrons. The van der Waals surface area contributed by atoms with Gasteiger partial charge >= 0.3 is 0 Å². The molecule has 3 heterocycles. The third-order valence-corrected chi connectivity index (χ3v) is 6.40. The van der Waals surface area contributed by atoms with Gasteiger partial charge < -0.3 is 5.32 Å². The van der Waals surface area contributed by atoms with Crippen LogP contribution in [0, 0.1) is 0 Å². The summed E-state index contributed by atoms with van der Waals surface area (Å²) in [6, 6.07) is 4.85. The largest absolute Gasteiger partial charge is 0.317 e. The van der Waals surface area contributed by atoms with Gasteiger partial charge in [-0.05, 0) is 56.9 Å². The summed E-state index contributed by atoms with van der Waals surface area (Å²) in [5.41, 5.74) is 1.57. The van der Waals surface area contributed by atoms with Gasteiger partial charge in [0.1, 0.15) is 6.04 Å². The van der Waals surface area contributed by atoms with E-state index in [4.69, 9.17) is 0 Å². The Morgan fingerprint density at radius 3 is 2.67 bits per heavy atom. The molecule has 4 rings (SSSR count). The fourth-order valence-corrected chi connectivity index (χ4v) is 4.80. The quantitative estimate of drug-likeness (QED) is 0.702. The highest BCUT2D eigenvalue weighted by Crippen LogP contribution is 2.31. The van der Waals surface area contributed by atoms with Crippen molar-refractivity contribution in [3.8, 4) is 0 Å². The lowest BCUT2D eigenvalue weighted by atomic mass is 10.0. The topological polar surface area (TPSA) is 98.8 Å². The van der Waals surface area contributed by atoms with Gasteiger partial charge in [-0.3, -0.25) is 34.3 Å². The predicted molar refractivity (Wildman–Crippen MR) is 110 cm³/mol. The molecule has 3 aliphatic rings. The van der Waals surface area contributed by atoms with Gasteiger partial charge in [-0.1, -0.05) is 19.1 Å². The van der Waals surface area contributed by atoms with E-state index in [2.05, 4.69) is 22.5 Å². The van der Waals surface area contributed by atoms with Gasteiger partial charge in [0.05, 0.1) is 11.1 Å². The molecule has 4 amide bonds. The number of rotatable bonds is 5. The number of nitrogens with one attached hydrogen (secondary N) is 2. The second kappa shape index (κ2) is 8.65. The van der Waals surface area contributed by atoms with Crippen LogP contribution in [0.5, 0.6) is 0 Å². The molecule has 2 saturated heterocycles. The van der Waals surface area contributed by atoms with Crippen molar-refractivity contribution in [1.82, 2.24) is 20.4 Å². The summed E-state index contributed by atoms with van der Waals surface area (Å²) in [4.78, 5) is 53.4. The van der Waals surface area contributed by atoms with Gasteiger partial charge in [0.2, 0.25) is 11.8 Å². The summed E-state index contributed by atoms with van der Waals surface area (Å²) in [6.45, 7) is 5.57. The van der Waals surface area contributed by atoms with Crippen LogP contribution < -0.4 is 10.6 Å². The Kier molecular flexibility index (Phi) is 5.97. The first-order valence-electron chi connectivity index (χ1n) is 10.8. The third kappa shape index (κ3) is 3.77. The monoisotopic (exact) mass is 412 g/mol. The Balaban J connectivity index is 1.59. The van der Waals surface area contributed by atoms with Crippen molar-refractivity contribution in [2.24, 2.45) is 0 Å². The Morgan fingerprint density at radius 1 is 1.07 bits per heavy atom. The summed E-state index contributed by atoms with van der Waals surface area (Å²) in [5, 5.41) is 5.67. The zero-order valence-corrected chi connectivity index (χ0v) is 17.3. The number of hydrogen-bond acceptors (Lipinski definition) is 6. The predicted octanol–water partition coefficient (Wildman–Crippen LogP) is 1.05. The first-order chi connectivity index (χ1) is 14.5. The molecule has 1 aromatic carbocycles. The van der Waals surface area contributed by atoms with Crippen molar-refractivity contribution in [2.45, 2.75) is 57.7 Å². The van der Waals surface area contributed by atoms with Crippen LogP contribution in [0.1, 0.15) is 65.3 Å². The molecule has 0 spiro atoms. The van der Waals surface area contributed by atoms with E-state index in [1.165, 1.54) is 0 Å². The lowest BCUT2D eigenvalue weighted by Crippen LogP contribution is -2.54. The maximum Gasteiger partial charge on any atom is 0.262 e. The normalized spacial score (nSPS) is 24.8. The van der Waals surface area contributed by atoms with E-state index in [1.54, 1.807) is 12.1 Å². The Bertz CT molecular complexity index is 876. The summed E-state index contributed by atoms with van der Waals surface area (Å²) in [6.07, 6.45) is 3.57. The van der Waals surface area contributed by atoms with Gasteiger partial charge in [0, 0.05) is 19.0 Å². The standard InChI is InChI=1S/C22H28N4O4/c1-2-25(15-6-4-11-23-12-10-15)13-14-5-3-7-16-19(14)22(30)26(21(16)29)17-8-9-18(27)24-20(17)28/h3,5,7,15,17,23H,2,4,6,8-13H2,1H3,(H,24,27,28). The molecule has 8 heteroatoms. The molecule has 2 fully saturated rings. The molecule has 2 unspecified atom stereocenters. The average molecular weight is 412 g/mol. The number of carbonyl (C=O) groups excluding carboxylic acids is 4. The van der Waals surface area contributed by atoms with Crippen LogP contribution in [-0.4, -0.2) is 65.1 Å². The second-order valence-corrected chi connectivity index (χ2v) is 8.18. The number of hydrogen-bond donors (Lipinski definition) is 2. The SMILES string of the molecule is CCN(Cc1cccc2c1C(=O)N(C1CCC(=O)NC1=O)C2=O)C1CCCNCC1. The molecule has 0 aromatic heterocycles. The van der Waals surface area contributed by atoms with Crippen molar-refractivity contribution >= 4 is 23.6 Å². The highest BCUT2D eigenvalue weighted by molar-refractivity contribution is 6.24. The van der Waals surface area contributed by atoms with Crippen LogP contribution in [0.25, 0.3) is 0 Å². The molecule has 0 radical (unpaired) electrons. The van der Waals surface area contributed by atoms with E-state index in [0.717, 1.165) is 49.4 Å². The number of carbonyl (C=O) groups is 4. The molecule has 2 atom stereocenters. The van der Waals surface area contributed by atoms with Crippen LogP contribution in [-0.2, 0) is 16.1 Å².